The summed E-state index contributed by atoms with van der Waals surface area (Å²) in [6, 6.07) is 6.70. The molecule has 0 unspecified atom stereocenters. The van der Waals surface area contributed by atoms with E-state index in [1.54, 1.807) is 31.2 Å². The molecule has 3 aromatic rings. The van der Waals surface area contributed by atoms with E-state index in [0.717, 1.165) is 0 Å². The SMILES string of the molecule is C[C@H](O)CNc1nc2c(c(=O)[nH]c(=O)n2C)n1C[C@@H](O)COc1ccc(Cl)cc1. The van der Waals surface area contributed by atoms with Crippen LogP contribution in [0.25, 0.3) is 11.2 Å². The summed E-state index contributed by atoms with van der Waals surface area (Å²) in [5.74, 6) is 0.787. The summed E-state index contributed by atoms with van der Waals surface area (Å²) in [5.41, 5.74) is -0.921. The molecule has 1 aromatic carbocycles. The third-order valence-electron chi connectivity index (χ3n) is 4.21. The van der Waals surface area contributed by atoms with Crippen molar-refractivity contribution in [2.75, 3.05) is 18.5 Å². The lowest BCUT2D eigenvalue weighted by Crippen LogP contribution is -2.31. The van der Waals surface area contributed by atoms with Crippen molar-refractivity contribution in [3.63, 3.8) is 0 Å². The number of hydrogen-bond acceptors (Lipinski definition) is 7. The summed E-state index contributed by atoms with van der Waals surface area (Å²) in [6.45, 7) is 1.71. The van der Waals surface area contributed by atoms with Crippen LogP contribution >= 0.6 is 11.6 Å². The number of aliphatic hydroxyl groups excluding tert-OH is 2. The molecule has 0 radical (unpaired) electrons. The van der Waals surface area contributed by atoms with Gasteiger partial charge in [-0.15, -0.1) is 0 Å². The van der Waals surface area contributed by atoms with Crippen molar-refractivity contribution < 1.29 is 14.9 Å². The molecule has 0 aliphatic carbocycles. The van der Waals surface area contributed by atoms with Crippen molar-refractivity contribution in [2.45, 2.75) is 25.7 Å². The van der Waals surface area contributed by atoms with E-state index >= 15 is 0 Å². The molecule has 11 heteroatoms. The Morgan fingerprint density at radius 2 is 1.97 bits per heavy atom. The van der Waals surface area contributed by atoms with Crippen molar-refractivity contribution in [1.82, 2.24) is 19.1 Å². The van der Waals surface area contributed by atoms with E-state index in [-0.39, 0.29) is 36.8 Å². The Labute approximate surface area is 170 Å². The smallest absolute Gasteiger partial charge is 0.329 e. The summed E-state index contributed by atoms with van der Waals surface area (Å²) >= 11 is 5.84. The Morgan fingerprint density at radius 3 is 2.62 bits per heavy atom. The summed E-state index contributed by atoms with van der Waals surface area (Å²) in [4.78, 5) is 30.8. The number of aromatic nitrogens is 4. The van der Waals surface area contributed by atoms with Crippen LogP contribution in [0.2, 0.25) is 5.02 Å². The molecular weight excluding hydrogens is 402 g/mol. The Kier molecular flexibility index (Phi) is 6.26. The number of ether oxygens (including phenoxy) is 1. The molecule has 0 aliphatic heterocycles. The maximum absolute atomic E-state index is 12.4. The van der Waals surface area contributed by atoms with Crippen molar-refractivity contribution in [1.29, 1.82) is 0 Å². The molecule has 0 bridgehead atoms. The monoisotopic (exact) mass is 423 g/mol. The number of aliphatic hydroxyl groups is 2. The van der Waals surface area contributed by atoms with E-state index in [1.165, 1.54) is 16.2 Å². The molecule has 0 saturated heterocycles. The van der Waals surface area contributed by atoms with E-state index in [0.29, 0.717) is 10.8 Å². The zero-order chi connectivity index (χ0) is 21.1. The maximum Gasteiger partial charge on any atom is 0.329 e. The Morgan fingerprint density at radius 1 is 1.28 bits per heavy atom. The zero-order valence-electron chi connectivity index (χ0n) is 15.9. The molecule has 0 saturated carbocycles. The predicted octanol–water partition coefficient (Wildman–Crippen LogP) is 0.309. The van der Waals surface area contributed by atoms with E-state index < -0.39 is 23.5 Å². The van der Waals surface area contributed by atoms with Gasteiger partial charge in [0.1, 0.15) is 18.5 Å². The number of imidazole rings is 1. The maximum atomic E-state index is 12.4. The molecule has 4 N–H and O–H groups in total. The third-order valence-corrected chi connectivity index (χ3v) is 4.46. The second kappa shape index (κ2) is 8.68. The van der Waals surface area contributed by atoms with Gasteiger partial charge in [0.15, 0.2) is 11.2 Å². The summed E-state index contributed by atoms with van der Waals surface area (Å²) in [7, 11) is 1.48. The second-order valence-corrected chi connectivity index (χ2v) is 7.12. The molecule has 0 aliphatic rings. The molecule has 0 spiro atoms. The standard InChI is InChI=1S/C18H22ClN5O5/c1-10(25)7-20-17-21-15-14(16(27)22-18(28)23(15)2)24(17)8-12(26)9-29-13-5-3-11(19)4-6-13/h3-6,10,12,25-26H,7-9H2,1-2H3,(H,20,21)(H,22,27,28)/t10-,12+/m0/s1. The van der Waals surface area contributed by atoms with Crippen LogP contribution in [-0.4, -0.2) is 54.7 Å². The first-order valence-corrected chi connectivity index (χ1v) is 9.32. The van der Waals surface area contributed by atoms with Gasteiger partial charge in [-0.05, 0) is 31.2 Å². The fourth-order valence-corrected chi connectivity index (χ4v) is 2.90. The average molecular weight is 424 g/mol. The topological polar surface area (TPSA) is 134 Å². The highest BCUT2D eigenvalue weighted by atomic mass is 35.5. The number of benzene rings is 1. The number of anilines is 1. The minimum Gasteiger partial charge on any atom is -0.491 e. The first-order chi connectivity index (χ1) is 13.8. The molecule has 10 nitrogen and oxygen atoms in total. The Hall–Kier alpha value is -2.82. The average Bonchev–Trinajstić information content (AvgIpc) is 3.03. The minimum absolute atomic E-state index is 0.0203. The van der Waals surface area contributed by atoms with E-state index in [9.17, 15) is 19.8 Å². The fraction of sp³-hybridized carbons (Fsp3) is 0.389. The van der Waals surface area contributed by atoms with Crippen LogP contribution in [-0.2, 0) is 13.6 Å². The van der Waals surface area contributed by atoms with Gasteiger partial charge in [0.2, 0.25) is 5.95 Å². The molecule has 2 atom stereocenters. The lowest BCUT2D eigenvalue weighted by molar-refractivity contribution is 0.0938. The van der Waals surface area contributed by atoms with E-state index in [2.05, 4.69) is 15.3 Å². The molecule has 29 heavy (non-hydrogen) atoms. The number of nitrogens with one attached hydrogen (secondary N) is 2. The number of hydrogen-bond donors (Lipinski definition) is 4. The summed E-state index contributed by atoms with van der Waals surface area (Å²) in [5, 5.41) is 23.5. The van der Waals surface area contributed by atoms with Crippen LogP contribution in [0.5, 0.6) is 5.75 Å². The Balaban J connectivity index is 1.88. The van der Waals surface area contributed by atoms with Gasteiger partial charge in [0.25, 0.3) is 5.56 Å². The highest BCUT2D eigenvalue weighted by Gasteiger charge is 2.20. The quantitative estimate of drug-likeness (QED) is 0.409. The molecular formula is C18H22ClN5O5. The van der Waals surface area contributed by atoms with Gasteiger partial charge in [0.05, 0.1) is 12.6 Å². The minimum atomic E-state index is -0.980. The van der Waals surface area contributed by atoms with Gasteiger partial charge in [0, 0.05) is 18.6 Å². The van der Waals surface area contributed by atoms with Gasteiger partial charge >= 0.3 is 5.69 Å². The molecule has 2 heterocycles. The second-order valence-electron chi connectivity index (χ2n) is 6.69. The first-order valence-electron chi connectivity index (χ1n) is 8.94. The lowest BCUT2D eigenvalue weighted by Gasteiger charge is -2.16. The summed E-state index contributed by atoms with van der Waals surface area (Å²) < 4.78 is 8.22. The molecule has 2 aromatic heterocycles. The largest absolute Gasteiger partial charge is 0.491 e. The number of fused-ring (bicyclic) bond motifs is 1. The molecule has 0 amide bonds. The number of halogens is 1. The van der Waals surface area contributed by atoms with Gasteiger partial charge in [-0.2, -0.15) is 4.98 Å². The van der Waals surface area contributed by atoms with Crippen molar-refractivity contribution in [2.24, 2.45) is 7.05 Å². The molecule has 156 valence electrons. The van der Waals surface area contributed by atoms with Crippen molar-refractivity contribution in [3.05, 3.63) is 50.1 Å². The van der Waals surface area contributed by atoms with Gasteiger partial charge in [-0.3, -0.25) is 14.3 Å². The van der Waals surface area contributed by atoms with Crippen LogP contribution in [0.4, 0.5) is 5.95 Å². The number of aromatic amines is 1. The van der Waals surface area contributed by atoms with E-state index in [4.69, 9.17) is 16.3 Å². The summed E-state index contributed by atoms with van der Waals surface area (Å²) in [6.07, 6.45) is -1.64. The Bertz CT molecular complexity index is 1100. The van der Waals surface area contributed by atoms with Crippen LogP contribution in [0.15, 0.2) is 33.9 Å². The zero-order valence-corrected chi connectivity index (χ0v) is 16.7. The number of nitrogens with zero attached hydrogens (tertiary/aromatic N) is 3. The van der Waals surface area contributed by atoms with Crippen LogP contribution in [0.3, 0.4) is 0 Å². The first kappa shape index (κ1) is 20.9. The van der Waals surface area contributed by atoms with E-state index in [1.807, 2.05) is 0 Å². The fourth-order valence-electron chi connectivity index (χ4n) is 2.77. The predicted molar refractivity (Wildman–Crippen MR) is 109 cm³/mol. The van der Waals surface area contributed by atoms with Crippen molar-refractivity contribution >= 4 is 28.7 Å². The number of aryl methyl sites for hydroxylation is 1. The van der Waals surface area contributed by atoms with Gasteiger partial charge in [-0.25, -0.2) is 4.79 Å². The number of H-pyrrole nitrogens is 1. The molecule has 3 rings (SSSR count). The number of rotatable bonds is 8. The highest BCUT2D eigenvalue weighted by molar-refractivity contribution is 6.30. The van der Waals surface area contributed by atoms with Crippen LogP contribution < -0.4 is 21.3 Å². The molecule has 0 fully saturated rings. The van der Waals surface area contributed by atoms with Crippen molar-refractivity contribution in [3.8, 4) is 5.75 Å². The lowest BCUT2D eigenvalue weighted by atomic mass is 10.3. The van der Waals surface area contributed by atoms with Gasteiger partial charge < -0.3 is 24.8 Å². The normalized spacial score (nSPS) is 13.4. The van der Waals surface area contributed by atoms with Crippen LogP contribution in [0.1, 0.15) is 6.92 Å². The third kappa shape index (κ3) is 4.78. The van der Waals surface area contributed by atoms with Crippen LogP contribution in [0, 0.1) is 0 Å². The highest BCUT2D eigenvalue weighted by Crippen LogP contribution is 2.18. The van der Waals surface area contributed by atoms with Gasteiger partial charge in [-0.1, -0.05) is 11.6 Å².